The SMILES string of the molecule is COc1cc(C(F)F)cc(N)c1C(C)=O. The van der Waals surface area contributed by atoms with Gasteiger partial charge in [-0.3, -0.25) is 4.79 Å². The monoisotopic (exact) mass is 215 g/mol. The summed E-state index contributed by atoms with van der Waals surface area (Å²) in [5.41, 5.74) is 5.40. The largest absolute Gasteiger partial charge is 0.496 e. The van der Waals surface area contributed by atoms with Crippen LogP contribution in [-0.4, -0.2) is 12.9 Å². The minimum Gasteiger partial charge on any atom is -0.496 e. The van der Waals surface area contributed by atoms with Crippen molar-refractivity contribution in [2.75, 3.05) is 12.8 Å². The predicted octanol–water partition coefficient (Wildman–Crippen LogP) is 2.42. The Hall–Kier alpha value is -1.65. The number of anilines is 1. The van der Waals surface area contributed by atoms with E-state index in [0.29, 0.717) is 0 Å². The number of benzene rings is 1. The molecular weight excluding hydrogens is 204 g/mol. The first-order valence-corrected chi connectivity index (χ1v) is 4.23. The molecule has 2 N–H and O–H groups in total. The van der Waals surface area contributed by atoms with Gasteiger partial charge in [-0.25, -0.2) is 8.78 Å². The van der Waals surface area contributed by atoms with E-state index in [1.807, 2.05) is 0 Å². The maximum atomic E-state index is 12.4. The lowest BCUT2D eigenvalue weighted by molar-refractivity contribution is 0.101. The van der Waals surface area contributed by atoms with E-state index in [0.717, 1.165) is 12.1 Å². The van der Waals surface area contributed by atoms with Crippen molar-refractivity contribution < 1.29 is 18.3 Å². The summed E-state index contributed by atoms with van der Waals surface area (Å²) in [6, 6.07) is 2.21. The van der Waals surface area contributed by atoms with Gasteiger partial charge in [0.1, 0.15) is 5.75 Å². The Balaban J connectivity index is 3.37. The number of nitrogen functional groups attached to an aromatic ring is 1. The zero-order chi connectivity index (χ0) is 11.6. The first kappa shape index (κ1) is 11.4. The molecule has 0 aromatic heterocycles. The lowest BCUT2D eigenvalue weighted by Crippen LogP contribution is -2.04. The van der Waals surface area contributed by atoms with Crippen LogP contribution in [0.3, 0.4) is 0 Å². The van der Waals surface area contributed by atoms with Crippen molar-refractivity contribution in [3.63, 3.8) is 0 Å². The molecule has 0 aliphatic heterocycles. The quantitative estimate of drug-likeness (QED) is 0.622. The molecule has 15 heavy (non-hydrogen) atoms. The van der Waals surface area contributed by atoms with Gasteiger partial charge in [0.2, 0.25) is 0 Å². The zero-order valence-corrected chi connectivity index (χ0v) is 8.38. The van der Waals surface area contributed by atoms with Crippen LogP contribution in [0.5, 0.6) is 5.75 Å². The molecule has 0 aliphatic carbocycles. The zero-order valence-electron chi connectivity index (χ0n) is 8.38. The van der Waals surface area contributed by atoms with Crippen molar-refractivity contribution in [3.05, 3.63) is 23.3 Å². The van der Waals surface area contributed by atoms with E-state index in [2.05, 4.69) is 0 Å². The molecule has 0 heterocycles. The number of hydrogen-bond donors (Lipinski definition) is 1. The first-order valence-electron chi connectivity index (χ1n) is 4.23. The highest BCUT2D eigenvalue weighted by Gasteiger charge is 2.17. The number of alkyl halides is 2. The van der Waals surface area contributed by atoms with Gasteiger partial charge in [-0.15, -0.1) is 0 Å². The second-order valence-electron chi connectivity index (χ2n) is 3.04. The topological polar surface area (TPSA) is 52.3 Å². The van der Waals surface area contributed by atoms with Crippen LogP contribution in [0.15, 0.2) is 12.1 Å². The van der Waals surface area contributed by atoms with E-state index < -0.39 is 6.43 Å². The Morgan fingerprint density at radius 2 is 2.07 bits per heavy atom. The second-order valence-corrected chi connectivity index (χ2v) is 3.04. The minimum absolute atomic E-state index is 0.0113. The molecule has 0 bridgehead atoms. The van der Waals surface area contributed by atoms with Crippen LogP contribution in [0.1, 0.15) is 29.3 Å². The van der Waals surface area contributed by atoms with Gasteiger partial charge in [-0.05, 0) is 19.1 Å². The first-order chi connectivity index (χ1) is 6.97. The summed E-state index contributed by atoms with van der Waals surface area (Å²) in [6.45, 7) is 1.30. The third kappa shape index (κ3) is 2.23. The van der Waals surface area contributed by atoms with Gasteiger partial charge in [0.25, 0.3) is 6.43 Å². The van der Waals surface area contributed by atoms with Gasteiger partial charge in [0.15, 0.2) is 5.78 Å². The van der Waals surface area contributed by atoms with E-state index in [-0.39, 0.29) is 28.3 Å². The summed E-state index contributed by atoms with van der Waals surface area (Å²) in [6.07, 6.45) is -2.64. The molecule has 0 radical (unpaired) electrons. The van der Waals surface area contributed by atoms with Crippen molar-refractivity contribution in [2.24, 2.45) is 0 Å². The molecule has 82 valence electrons. The van der Waals surface area contributed by atoms with Crippen LogP contribution in [0.2, 0.25) is 0 Å². The van der Waals surface area contributed by atoms with E-state index >= 15 is 0 Å². The lowest BCUT2D eigenvalue weighted by atomic mass is 10.0. The van der Waals surface area contributed by atoms with Crippen molar-refractivity contribution in [1.82, 2.24) is 0 Å². The summed E-state index contributed by atoms with van der Waals surface area (Å²) in [4.78, 5) is 11.2. The second kappa shape index (κ2) is 4.25. The standard InChI is InChI=1S/C10H11F2NO2/c1-5(14)9-7(13)3-6(10(11)12)4-8(9)15-2/h3-4,10H,13H2,1-2H3. The Kier molecular flexibility index (Phi) is 3.24. The fourth-order valence-corrected chi connectivity index (χ4v) is 1.32. The Morgan fingerprint density at radius 3 is 2.47 bits per heavy atom. The smallest absolute Gasteiger partial charge is 0.264 e. The maximum absolute atomic E-state index is 12.4. The number of nitrogens with two attached hydrogens (primary N) is 1. The molecule has 5 heteroatoms. The minimum atomic E-state index is -2.64. The fourth-order valence-electron chi connectivity index (χ4n) is 1.32. The highest BCUT2D eigenvalue weighted by Crippen LogP contribution is 2.31. The molecule has 0 saturated heterocycles. The molecule has 0 spiro atoms. The number of carbonyl (C=O) groups excluding carboxylic acids is 1. The van der Waals surface area contributed by atoms with Crippen molar-refractivity contribution in [2.45, 2.75) is 13.3 Å². The van der Waals surface area contributed by atoms with E-state index in [4.69, 9.17) is 10.5 Å². The number of ketones is 1. The van der Waals surface area contributed by atoms with Crippen molar-refractivity contribution >= 4 is 11.5 Å². The van der Waals surface area contributed by atoms with Gasteiger partial charge in [-0.1, -0.05) is 0 Å². The summed E-state index contributed by atoms with van der Waals surface area (Å²) in [5, 5.41) is 0. The summed E-state index contributed by atoms with van der Waals surface area (Å²) < 4.78 is 29.6. The fraction of sp³-hybridized carbons (Fsp3) is 0.300. The summed E-state index contributed by atoms with van der Waals surface area (Å²) >= 11 is 0. The predicted molar refractivity (Wildman–Crippen MR) is 52.4 cm³/mol. The van der Waals surface area contributed by atoms with Crippen molar-refractivity contribution in [1.29, 1.82) is 0 Å². The third-order valence-corrected chi connectivity index (χ3v) is 1.98. The van der Waals surface area contributed by atoms with E-state index in [1.54, 1.807) is 0 Å². The molecule has 1 rings (SSSR count). The normalized spacial score (nSPS) is 10.5. The lowest BCUT2D eigenvalue weighted by Gasteiger charge is -2.11. The van der Waals surface area contributed by atoms with Crippen LogP contribution >= 0.6 is 0 Å². The maximum Gasteiger partial charge on any atom is 0.264 e. The molecule has 0 amide bonds. The van der Waals surface area contributed by atoms with Crippen LogP contribution in [0.4, 0.5) is 14.5 Å². The molecule has 3 nitrogen and oxygen atoms in total. The number of halogens is 2. The molecule has 0 unspecified atom stereocenters. The molecule has 1 aromatic carbocycles. The molecule has 0 atom stereocenters. The Morgan fingerprint density at radius 1 is 1.47 bits per heavy atom. The molecule has 1 aromatic rings. The average Bonchev–Trinajstić information content (AvgIpc) is 2.15. The summed E-state index contributed by atoms with van der Waals surface area (Å²) in [5.74, 6) is -0.233. The van der Waals surface area contributed by atoms with Crippen LogP contribution in [-0.2, 0) is 0 Å². The third-order valence-electron chi connectivity index (χ3n) is 1.98. The summed E-state index contributed by atoms with van der Waals surface area (Å²) in [7, 11) is 1.30. The number of methoxy groups -OCH3 is 1. The molecular formula is C10H11F2NO2. The van der Waals surface area contributed by atoms with Gasteiger partial charge in [0, 0.05) is 11.3 Å². The van der Waals surface area contributed by atoms with Gasteiger partial charge >= 0.3 is 0 Å². The number of Topliss-reactive ketones (excluding diaryl/α,β-unsaturated/α-hetero) is 1. The van der Waals surface area contributed by atoms with Gasteiger partial charge in [-0.2, -0.15) is 0 Å². The molecule has 0 fully saturated rings. The van der Waals surface area contributed by atoms with Gasteiger partial charge in [0.05, 0.1) is 12.7 Å². The highest BCUT2D eigenvalue weighted by molar-refractivity contribution is 6.02. The van der Waals surface area contributed by atoms with Crippen LogP contribution in [0, 0.1) is 0 Å². The van der Waals surface area contributed by atoms with Crippen molar-refractivity contribution in [3.8, 4) is 5.75 Å². The Labute approximate surface area is 85.8 Å². The highest BCUT2D eigenvalue weighted by atomic mass is 19.3. The number of ether oxygens (including phenoxy) is 1. The number of carbonyl (C=O) groups is 1. The molecule has 0 aliphatic rings. The average molecular weight is 215 g/mol. The molecule has 0 saturated carbocycles. The Bertz CT molecular complexity index is 391. The van der Waals surface area contributed by atoms with E-state index in [9.17, 15) is 13.6 Å². The number of hydrogen-bond acceptors (Lipinski definition) is 3. The van der Waals surface area contributed by atoms with E-state index in [1.165, 1.54) is 14.0 Å². The van der Waals surface area contributed by atoms with Gasteiger partial charge < -0.3 is 10.5 Å². The number of rotatable bonds is 3. The van der Waals surface area contributed by atoms with Crippen LogP contribution < -0.4 is 10.5 Å². The van der Waals surface area contributed by atoms with Crippen LogP contribution in [0.25, 0.3) is 0 Å².